The van der Waals surface area contributed by atoms with Gasteiger partial charge >= 0.3 is 0 Å². The summed E-state index contributed by atoms with van der Waals surface area (Å²) in [5.41, 5.74) is 7.20. The fourth-order valence-electron chi connectivity index (χ4n) is 4.59. The summed E-state index contributed by atoms with van der Waals surface area (Å²) in [5.74, 6) is 0.869. The molecular weight excluding hydrogens is 184 g/mol. The molecule has 0 aromatic rings. The Kier molecular flexibility index (Phi) is 2.27. The summed E-state index contributed by atoms with van der Waals surface area (Å²) in [4.78, 5) is 2.40. The summed E-state index contributed by atoms with van der Waals surface area (Å²) in [5, 5.41) is 0. The molecule has 0 heterocycles. The van der Waals surface area contributed by atoms with Crippen LogP contribution >= 0.6 is 0 Å². The van der Waals surface area contributed by atoms with Crippen molar-refractivity contribution in [3.05, 3.63) is 0 Å². The largest absolute Gasteiger partial charge is 0.329 e. The van der Waals surface area contributed by atoms with Crippen LogP contribution in [0, 0.1) is 16.7 Å². The summed E-state index contributed by atoms with van der Waals surface area (Å²) >= 11 is 0. The monoisotopic (exact) mass is 210 g/mol. The lowest BCUT2D eigenvalue weighted by Crippen LogP contribution is -2.60. The van der Waals surface area contributed by atoms with E-state index in [0.717, 1.165) is 12.5 Å². The minimum atomic E-state index is 0.236. The van der Waals surface area contributed by atoms with Crippen LogP contribution in [0.3, 0.4) is 0 Å². The lowest BCUT2D eigenvalue weighted by atomic mass is 9.62. The summed E-state index contributed by atoms with van der Waals surface area (Å²) in [6.45, 7) is 8.17. The van der Waals surface area contributed by atoms with E-state index in [1.165, 1.54) is 19.3 Å². The van der Waals surface area contributed by atoms with Crippen molar-refractivity contribution in [2.75, 3.05) is 20.6 Å². The van der Waals surface area contributed by atoms with Crippen LogP contribution in [-0.4, -0.2) is 31.1 Å². The normalized spacial score (nSPS) is 47.8. The second-order valence-corrected chi connectivity index (χ2v) is 6.62. The summed E-state index contributed by atoms with van der Waals surface area (Å²) in [6.07, 6.45) is 4.04. The molecule has 2 bridgehead atoms. The second kappa shape index (κ2) is 2.98. The molecule has 0 amide bonds. The third-order valence-corrected chi connectivity index (χ3v) is 6.24. The van der Waals surface area contributed by atoms with Gasteiger partial charge in [-0.05, 0) is 50.1 Å². The molecule has 15 heavy (non-hydrogen) atoms. The molecule has 2 rings (SSSR count). The van der Waals surface area contributed by atoms with Gasteiger partial charge in [0.25, 0.3) is 0 Å². The van der Waals surface area contributed by atoms with Crippen molar-refractivity contribution in [1.29, 1.82) is 0 Å². The van der Waals surface area contributed by atoms with E-state index >= 15 is 0 Å². The Balaban J connectivity index is 2.48. The molecule has 0 spiro atoms. The van der Waals surface area contributed by atoms with Gasteiger partial charge in [-0.3, -0.25) is 0 Å². The number of nitrogens with zero attached hydrogens (tertiary/aromatic N) is 1. The lowest BCUT2D eigenvalue weighted by Gasteiger charge is -2.52. The molecule has 2 nitrogen and oxygen atoms in total. The van der Waals surface area contributed by atoms with Crippen molar-refractivity contribution < 1.29 is 0 Å². The number of fused-ring (bicyclic) bond motifs is 2. The summed E-state index contributed by atoms with van der Waals surface area (Å²) < 4.78 is 0. The zero-order valence-electron chi connectivity index (χ0n) is 10.9. The van der Waals surface area contributed by atoms with E-state index in [2.05, 4.69) is 39.8 Å². The molecular formula is C13H26N2. The van der Waals surface area contributed by atoms with E-state index < -0.39 is 0 Å². The maximum atomic E-state index is 6.12. The van der Waals surface area contributed by atoms with Gasteiger partial charge < -0.3 is 10.6 Å². The number of nitrogens with two attached hydrogens (primary N) is 1. The molecule has 2 heteroatoms. The van der Waals surface area contributed by atoms with Gasteiger partial charge in [-0.1, -0.05) is 20.8 Å². The predicted molar refractivity (Wildman–Crippen MR) is 64.7 cm³/mol. The first kappa shape index (κ1) is 11.4. The molecule has 3 unspecified atom stereocenters. The van der Waals surface area contributed by atoms with E-state index in [1.807, 2.05) is 0 Å². The number of hydrogen-bond acceptors (Lipinski definition) is 2. The Hall–Kier alpha value is -0.0800. The molecule has 3 atom stereocenters. The van der Waals surface area contributed by atoms with Gasteiger partial charge in [0.2, 0.25) is 0 Å². The Morgan fingerprint density at radius 2 is 1.87 bits per heavy atom. The maximum Gasteiger partial charge on any atom is 0.0387 e. The zero-order chi connectivity index (χ0) is 11.5. The third kappa shape index (κ3) is 1.03. The van der Waals surface area contributed by atoms with E-state index in [1.54, 1.807) is 0 Å². The molecule has 2 saturated carbocycles. The van der Waals surface area contributed by atoms with Crippen molar-refractivity contribution in [2.24, 2.45) is 22.5 Å². The first-order valence-corrected chi connectivity index (χ1v) is 6.19. The van der Waals surface area contributed by atoms with Crippen molar-refractivity contribution in [1.82, 2.24) is 4.90 Å². The van der Waals surface area contributed by atoms with Gasteiger partial charge in [0, 0.05) is 12.1 Å². The molecule has 0 saturated heterocycles. The van der Waals surface area contributed by atoms with E-state index in [0.29, 0.717) is 10.8 Å². The first-order valence-electron chi connectivity index (χ1n) is 6.19. The smallest absolute Gasteiger partial charge is 0.0387 e. The van der Waals surface area contributed by atoms with E-state index in [4.69, 9.17) is 5.73 Å². The molecule has 2 fully saturated rings. The standard InChI is InChI=1S/C13H26N2/c1-11(2)10-6-7-12(11,3)13(8-10,9-14)15(4)5/h10H,6-9,14H2,1-5H3. The average Bonchev–Trinajstić information content (AvgIpc) is 2.47. The minimum Gasteiger partial charge on any atom is -0.329 e. The maximum absolute atomic E-state index is 6.12. The Morgan fingerprint density at radius 1 is 1.27 bits per heavy atom. The van der Waals surface area contributed by atoms with E-state index in [-0.39, 0.29) is 5.54 Å². The molecule has 0 aromatic carbocycles. The zero-order valence-corrected chi connectivity index (χ0v) is 10.9. The lowest BCUT2D eigenvalue weighted by molar-refractivity contribution is -0.0117. The van der Waals surface area contributed by atoms with Crippen LogP contribution in [-0.2, 0) is 0 Å². The van der Waals surface area contributed by atoms with Crippen LogP contribution in [0.25, 0.3) is 0 Å². The molecule has 2 aliphatic rings. The van der Waals surface area contributed by atoms with Gasteiger partial charge in [-0.25, -0.2) is 0 Å². The quantitative estimate of drug-likeness (QED) is 0.756. The number of rotatable bonds is 2. The topological polar surface area (TPSA) is 29.3 Å². The fourth-order valence-corrected chi connectivity index (χ4v) is 4.59. The van der Waals surface area contributed by atoms with Crippen molar-refractivity contribution >= 4 is 0 Å². The number of likely N-dealkylation sites (N-methyl/N-ethyl adjacent to an activating group) is 1. The third-order valence-electron chi connectivity index (χ3n) is 6.24. The van der Waals surface area contributed by atoms with Crippen molar-refractivity contribution in [2.45, 2.75) is 45.6 Å². The van der Waals surface area contributed by atoms with Crippen molar-refractivity contribution in [3.63, 3.8) is 0 Å². The first-order chi connectivity index (χ1) is 6.82. The molecule has 0 aliphatic heterocycles. The highest BCUT2D eigenvalue weighted by Gasteiger charge is 2.68. The highest BCUT2D eigenvalue weighted by atomic mass is 15.2. The predicted octanol–water partition coefficient (Wildman–Crippen LogP) is 2.09. The Bertz CT molecular complexity index is 272. The van der Waals surface area contributed by atoms with Gasteiger partial charge in [-0.15, -0.1) is 0 Å². The van der Waals surface area contributed by atoms with Crippen LogP contribution in [0.2, 0.25) is 0 Å². The number of hydrogen-bond donors (Lipinski definition) is 1. The van der Waals surface area contributed by atoms with E-state index in [9.17, 15) is 0 Å². The van der Waals surface area contributed by atoms with Crippen LogP contribution in [0.5, 0.6) is 0 Å². The van der Waals surface area contributed by atoms with Crippen LogP contribution < -0.4 is 5.73 Å². The SMILES string of the molecule is CN(C)C1(CN)CC2CCC1(C)C2(C)C. The second-order valence-electron chi connectivity index (χ2n) is 6.62. The highest BCUT2D eigenvalue weighted by molar-refractivity contribution is 5.21. The molecule has 0 aromatic heterocycles. The molecule has 88 valence electrons. The minimum absolute atomic E-state index is 0.236. The molecule has 2 aliphatic carbocycles. The van der Waals surface area contributed by atoms with Gasteiger partial charge in [0.15, 0.2) is 0 Å². The van der Waals surface area contributed by atoms with Gasteiger partial charge in [0.05, 0.1) is 0 Å². The van der Waals surface area contributed by atoms with Crippen LogP contribution in [0.4, 0.5) is 0 Å². The van der Waals surface area contributed by atoms with Crippen LogP contribution in [0.15, 0.2) is 0 Å². The molecule has 0 radical (unpaired) electrons. The molecule has 2 N–H and O–H groups in total. The Labute approximate surface area is 94.2 Å². The van der Waals surface area contributed by atoms with Crippen LogP contribution in [0.1, 0.15) is 40.0 Å². The highest BCUT2D eigenvalue weighted by Crippen LogP contribution is 2.70. The summed E-state index contributed by atoms with van der Waals surface area (Å²) in [6, 6.07) is 0. The van der Waals surface area contributed by atoms with Gasteiger partial charge in [-0.2, -0.15) is 0 Å². The van der Waals surface area contributed by atoms with Crippen molar-refractivity contribution in [3.8, 4) is 0 Å². The Morgan fingerprint density at radius 3 is 2.07 bits per heavy atom. The fraction of sp³-hybridized carbons (Fsp3) is 1.00. The average molecular weight is 210 g/mol. The summed E-state index contributed by atoms with van der Waals surface area (Å²) in [7, 11) is 4.41. The van der Waals surface area contributed by atoms with Gasteiger partial charge in [0.1, 0.15) is 0 Å².